The summed E-state index contributed by atoms with van der Waals surface area (Å²) in [6, 6.07) is 13.0. The van der Waals surface area contributed by atoms with Gasteiger partial charge in [-0.05, 0) is 57.1 Å². The fourth-order valence-corrected chi connectivity index (χ4v) is 4.67. The van der Waals surface area contributed by atoms with E-state index in [0.29, 0.717) is 75.1 Å². The van der Waals surface area contributed by atoms with Crippen LogP contribution in [-0.2, 0) is 9.59 Å². The molecule has 3 heterocycles. The molecule has 2 aromatic rings. The van der Waals surface area contributed by atoms with Crippen LogP contribution < -0.4 is 24.3 Å². The predicted octanol–water partition coefficient (Wildman–Crippen LogP) is 2.75. The number of piperidine rings is 1. The molecule has 1 N–H and O–H groups in total. The molecule has 35 heavy (non-hydrogen) atoms. The number of amides is 2. The maximum absolute atomic E-state index is 13.0. The first-order valence-corrected chi connectivity index (χ1v) is 12.2. The first-order chi connectivity index (χ1) is 17.1. The smallest absolute Gasteiger partial charge is 0.236 e. The highest BCUT2D eigenvalue weighted by Gasteiger charge is 2.29. The Labute approximate surface area is 204 Å². The minimum absolute atomic E-state index is 0.000227. The third kappa shape index (κ3) is 5.45. The van der Waals surface area contributed by atoms with Crippen molar-refractivity contribution in [2.45, 2.75) is 25.9 Å². The van der Waals surface area contributed by atoms with Crippen LogP contribution in [0.4, 0.5) is 5.69 Å². The number of nitrogens with zero attached hydrogens (tertiary/aromatic N) is 2. The van der Waals surface area contributed by atoms with Gasteiger partial charge in [0.1, 0.15) is 6.61 Å². The molecule has 1 fully saturated rings. The fourth-order valence-electron chi connectivity index (χ4n) is 4.67. The van der Waals surface area contributed by atoms with Crippen LogP contribution in [0.5, 0.6) is 23.0 Å². The van der Waals surface area contributed by atoms with Crippen molar-refractivity contribution in [3.05, 3.63) is 42.5 Å². The second-order valence-corrected chi connectivity index (χ2v) is 9.04. The Kier molecular flexibility index (Phi) is 6.94. The van der Waals surface area contributed by atoms with Gasteiger partial charge in [0, 0.05) is 24.2 Å². The van der Waals surface area contributed by atoms with Gasteiger partial charge in [-0.25, -0.2) is 0 Å². The summed E-state index contributed by atoms with van der Waals surface area (Å²) >= 11 is 0. The fraction of sp³-hybridized carbons (Fsp3) is 0.462. The minimum Gasteiger partial charge on any atom is -0.486 e. The monoisotopic (exact) mass is 481 g/mol. The van der Waals surface area contributed by atoms with Crippen molar-refractivity contribution in [3.8, 4) is 23.0 Å². The van der Waals surface area contributed by atoms with Crippen LogP contribution >= 0.6 is 0 Å². The van der Waals surface area contributed by atoms with Gasteiger partial charge in [-0.15, -0.1) is 0 Å². The van der Waals surface area contributed by atoms with E-state index in [2.05, 4.69) is 10.2 Å². The molecular weight excluding hydrogens is 450 g/mol. The molecule has 0 aliphatic carbocycles. The topological polar surface area (TPSA) is 89.6 Å². The number of likely N-dealkylation sites (N-methyl/N-ethyl adjacent to an activating group) is 1. The first kappa shape index (κ1) is 23.3. The molecule has 5 rings (SSSR count). The highest BCUT2D eigenvalue weighted by molar-refractivity contribution is 5.93. The molecule has 1 saturated heterocycles. The number of likely N-dealkylation sites (tertiary alicyclic amines) is 1. The molecule has 9 nitrogen and oxygen atoms in total. The summed E-state index contributed by atoms with van der Waals surface area (Å²) < 4.78 is 22.5. The molecule has 0 radical (unpaired) electrons. The van der Waals surface area contributed by atoms with Crippen LogP contribution in [0.2, 0.25) is 0 Å². The SMILES string of the molecule is CCN(CC1COc2ccccc2O1)C(=O)CN1CCC(C(=O)Nc2ccc3c(c2)OCO3)CC1. The van der Waals surface area contributed by atoms with E-state index in [1.54, 1.807) is 12.1 Å². The average molecular weight is 482 g/mol. The number of ether oxygens (including phenoxy) is 4. The van der Waals surface area contributed by atoms with Gasteiger partial charge in [0.05, 0.1) is 13.1 Å². The van der Waals surface area contributed by atoms with Gasteiger partial charge < -0.3 is 29.2 Å². The van der Waals surface area contributed by atoms with Gasteiger partial charge in [0.15, 0.2) is 29.1 Å². The molecule has 9 heteroatoms. The molecule has 1 unspecified atom stereocenters. The van der Waals surface area contributed by atoms with Crippen molar-refractivity contribution in [2.24, 2.45) is 5.92 Å². The van der Waals surface area contributed by atoms with Gasteiger partial charge in [0.2, 0.25) is 18.6 Å². The minimum atomic E-state index is -0.195. The molecule has 2 amide bonds. The molecule has 186 valence electrons. The molecule has 0 saturated carbocycles. The maximum atomic E-state index is 13.0. The summed E-state index contributed by atoms with van der Waals surface area (Å²) in [5, 5.41) is 2.98. The molecule has 1 atom stereocenters. The Morgan fingerprint density at radius 2 is 1.74 bits per heavy atom. The van der Waals surface area contributed by atoms with Crippen LogP contribution in [0, 0.1) is 5.92 Å². The second kappa shape index (κ2) is 10.4. The van der Waals surface area contributed by atoms with Crippen molar-refractivity contribution in [1.29, 1.82) is 0 Å². The Hall–Kier alpha value is -3.46. The van der Waals surface area contributed by atoms with Crippen LogP contribution in [0.1, 0.15) is 19.8 Å². The van der Waals surface area contributed by atoms with E-state index in [0.717, 1.165) is 5.75 Å². The number of benzene rings is 2. The van der Waals surface area contributed by atoms with Crippen LogP contribution in [0.3, 0.4) is 0 Å². The van der Waals surface area contributed by atoms with Crippen molar-refractivity contribution in [3.63, 3.8) is 0 Å². The lowest BCUT2D eigenvalue weighted by atomic mass is 9.95. The molecule has 2 aromatic carbocycles. The molecule has 0 aromatic heterocycles. The summed E-state index contributed by atoms with van der Waals surface area (Å²) in [7, 11) is 0. The number of anilines is 1. The number of carbonyl (C=O) groups excluding carboxylic acids is 2. The Balaban J connectivity index is 1.07. The van der Waals surface area contributed by atoms with E-state index in [4.69, 9.17) is 18.9 Å². The van der Waals surface area contributed by atoms with E-state index < -0.39 is 0 Å². The number of hydrogen-bond donors (Lipinski definition) is 1. The molecule has 3 aliphatic rings. The highest BCUT2D eigenvalue weighted by atomic mass is 16.7. The van der Waals surface area contributed by atoms with Gasteiger partial charge in [-0.1, -0.05) is 12.1 Å². The lowest BCUT2D eigenvalue weighted by molar-refractivity contribution is -0.134. The van der Waals surface area contributed by atoms with Crippen molar-refractivity contribution >= 4 is 17.5 Å². The third-order valence-electron chi connectivity index (χ3n) is 6.68. The zero-order valence-electron chi connectivity index (χ0n) is 19.9. The number of para-hydroxylation sites is 2. The van der Waals surface area contributed by atoms with Crippen LogP contribution in [0.15, 0.2) is 42.5 Å². The van der Waals surface area contributed by atoms with Crippen molar-refractivity contribution in [1.82, 2.24) is 9.80 Å². The van der Waals surface area contributed by atoms with E-state index in [1.807, 2.05) is 42.2 Å². The van der Waals surface area contributed by atoms with Gasteiger partial charge in [-0.2, -0.15) is 0 Å². The second-order valence-electron chi connectivity index (χ2n) is 9.04. The largest absolute Gasteiger partial charge is 0.486 e. The molecular formula is C26H31N3O6. The molecule has 0 bridgehead atoms. The summed E-state index contributed by atoms with van der Waals surface area (Å²) in [5.74, 6) is 2.78. The zero-order valence-corrected chi connectivity index (χ0v) is 19.9. The van der Waals surface area contributed by atoms with E-state index in [9.17, 15) is 9.59 Å². The Morgan fingerprint density at radius 3 is 2.54 bits per heavy atom. The number of rotatable bonds is 7. The Morgan fingerprint density at radius 1 is 1.00 bits per heavy atom. The van der Waals surface area contributed by atoms with Crippen LogP contribution in [0.25, 0.3) is 0 Å². The van der Waals surface area contributed by atoms with Crippen molar-refractivity contribution in [2.75, 3.05) is 51.4 Å². The quantitative estimate of drug-likeness (QED) is 0.651. The van der Waals surface area contributed by atoms with Crippen molar-refractivity contribution < 1.29 is 28.5 Å². The molecule has 0 spiro atoms. The molecule has 3 aliphatic heterocycles. The van der Waals surface area contributed by atoms with E-state index in [-0.39, 0.29) is 30.6 Å². The van der Waals surface area contributed by atoms with Gasteiger partial charge in [0.25, 0.3) is 0 Å². The number of nitrogens with one attached hydrogen (secondary N) is 1. The van der Waals surface area contributed by atoms with E-state index >= 15 is 0 Å². The average Bonchev–Trinajstić information content (AvgIpc) is 3.35. The summed E-state index contributed by atoms with van der Waals surface area (Å²) in [4.78, 5) is 29.7. The first-order valence-electron chi connectivity index (χ1n) is 12.2. The summed E-state index contributed by atoms with van der Waals surface area (Å²) in [6.45, 7) is 5.45. The third-order valence-corrected chi connectivity index (χ3v) is 6.68. The normalized spacial score (nSPS) is 19.3. The zero-order chi connectivity index (χ0) is 24.2. The van der Waals surface area contributed by atoms with Crippen LogP contribution in [-0.4, -0.2) is 73.8 Å². The maximum Gasteiger partial charge on any atom is 0.236 e. The Bertz CT molecular complexity index is 1070. The van der Waals surface area contributed by atoms with Gasteiger partial charge >= 0.3 is 0 Å². The number of fused-ring (bicyclic) bond motifs is 2. The summed E-state index contributed by atoms with van der Waals surface area (Å²) in [5.41, 5.74) is 0.701. The summed E-state index contributed by atoms with van der Waals surface area (Å²) in [6.07, 6.45) is 1.23. The number of carbonyl (C=O) groups is 2. The highest BCUT2D eigenvalue weighted by Crippen LogP contribution is 2.34. The van der Waals surface area contributed by atoms with E-state index in [1.165, 1.54) is 0 Å². The predicted molar refractivity (Wildman–Crippen MR) is 129 cm³/mol. The lowest BCUT2D eigenvalue weighted by Crippen LogP contribution is -2.48. The van der Waals surface area contributed by atoms with Gasteiger partial charge in [-0.3, -0.25) is 14.5 Å². The standard InChI is InChI=1S/C26H31N3O6/c1-2-29(14-20-16-32-21-5-3-4-6-23(21)35-20)25(30)15-28-11-9-18(10-12-28)26(31)27-19-7-8-22-24(13-19)34-17-33-22/h3-8,13,18,20H,2,9-12,14-17H2,1H3,(H,27,31). The number of hydrogen-bond acceptors (Lipinski definition) is 7. The lowest BCUT2D eigenvalue weighted by Gasteiger charge is -2.34.